The molecule has 0 N–H and O–H groups in total. The largest absolute Gasteiger partial charge is 0.287 e. The number of carbonyl (C=O) groups excluding carboxylic acids is 1. The summed E-state index contributed by atoms with van der Waals surface area (Å²) in [6, 6.07) is 0. The standard InChI is InChI=1S/C6H9IO/c1-4-2-5(3-4)6(7)8/h4-5H,2-3H2,1H3. The van der Waals surface area contributed by atoms with Gasteiger partial charge in [-0.15, -0.1) is 0 Å². The Kier molecular flexibility index (Phi) is 1.90. The van der Waals surface area contributed by atoms with Crippen molar-refractivity contribution in [2.75, 3.05) is 0 Å². The van der Waals surface area contributed by atoms with Crippen LogP contribution >= 0.6 is 22.6 Å². The molecule has 1 saturated carbocycles. The molecule has 0 amide bonds. The number of rotatable bonds is 1. The third-order valence-electron chi connectivity index (χ3n) is 1.69. The molecule has 0 heterocycles. The van der Waals surface area contributed by atoms with Gasteiger partial charge in [0.05, 0.1) is 0 Å². The summed E-state index contributed by atoms with van der Waals surface area (Å²) in [5.74, 6) is 1.21. The second-order valence-electron chi connectivity index (χ2n) is 2.58. The Morgan fingerprint density at radius 1 is 1.62 bits per heavy atom. The topological polar surface area (TPSA) is 17.1 Å². The SMILES string of the molecule is CC1CC(C(=O)I)C1. The van der Waals surface area contributed by atoms with Crippen molar-refractivity contribution in [1.29, 1.82) is 0 Å². The Bertz CT molecular complexity index is 105. The fourth-order valence-electron chi connectivity index (χ4n) is 1.09. The minimum absolute atomic E-state index is 0.348. The Morgan fingerprint density at radius 2 is 2.12 bits per heavy atom. The number of carbonyl (C=O) groups is 1. The minimum Gasteiger partial charge on any atom is -0.287 e. The molecule has 0 atom stereocenters. The lowest BCUT2D eigenvalue weighted by atomic mass is 9.77. The van der Waals surface area contributed by atoms with E-state index in [0.29, 0.717) is 9.71 Å². The average molecular weight is 224 g/mol. The van der Waals surface area contributed by atoms with E-state index in [-0.39, 0.29) is 0 Å². The highest BCUT2D eigenvalue weighted by Gasteiger charge is 2.29. The van der Waals surface area contributed by atoms with Gasteiger partial charge in [-0.1, -0.05) is 6.92 Å². The van der Waals surface area contributed by atoms with E-state index < -0.39 is 0 Å². The molecule has 1 aliphatic rings. The maximum Gasteiger partial charge on any atom is 0.195 e. The molecule has 0 spiro atoms. The van der Waals surface area contributed by atoms with Crippen molar-refractivity contribution in [3.63, 3.8) is 0 Å². The molecule has 1 rings (SSSR count). The smallest absolute Gasteiger partial charge is 0.195 e. The molecule has 0 aliphatic heterocycles. The van der Waals surface area contributed by atoms with E-state index in [2.05, 4.69) is 6.92 Å². The first-order chi connectivity index (χ1) is 3.70. The molecule has 2 heteroatoms. The highest BCUT2D eigenvalue weighted by atomic mass is 127. The van der Waals surface area contributed by atoms with Crippen LogP contribution in [-0.4, -0.2) is 3.79 Å². The number of hydrogen-bond donors (Lipinski definition) is 0. The van der Waals surface area contributed by atoms with Crippen molar-refractivity contribution in [3.05, 3.63) is 0 Å². The zero-order chi connectivity index (χ0) is 6.15. The van der Waals surface area contributed by atoms with Crippen LogP contribution in [0.5, 0.6) is 0 Å². The second kappa shape index (κ2) is 2.33. The van der Waals surface area contributed by atoms with Gasteiger partial charge in [-0.25, -0.2) is 0 Å². The first-order valence-corrected chi connectivity index (χ1v) is 3.97. The molecule has 1 nitrogen and oxygen atoms in total. The zero-order valence-corrected chi connectivity index (χ0v) is 7.01. The summed E-state index contributed by atoms with van der Waals surface area (Å²) < 4.78 is 0.348. The molecule has 0 radical (unpaired) electrons. The summed E-state index contributed by atoms with van der Waals surface area (Å²) in [7, 11) is 0. The molecule has 1 fully saturated rings. The zero-order valence-electron chi connectivity index (χ0n) is 4.86. The lowest BCUT2D eigenvalue weighted by Crippen LogP contribution is -2.25. The third kappa shape index (κ3) is 1.21. The van der Waals surface area contributed by atoms with Gasteiger partial charge < -0.3 is 0 Å². The highest BCUT2D eigenvalue weighted by Crippen LogP contribution is 2.34. The van der Waals surface area contributed by atoms with E-state index in [4.69, 9.17) is 0 Å². The molecule has 46 valence electrons. The van der Waals surface area contributed by atoms with E-state index in [0.717, 1.165) is 18.8 Å². The van der Waals surface area contributed by atoms with Crippen LogP contribution in [0.4, 0.5) is 0 Å². The van der Waals surface area contributed by atoms with Gasteiger partial charge in [-0.3, -0.25) is 4.79 Å². The molecular formula is C6H9IO. The fraction of sp³-hybridized carbons (Fsp3) is 0.833. The van der Waals surface area contributed by atoms with Crippen LogP contribution in [0.2, 0.25) is 0 Å². The first-order valence-electron chi connectivity index (χ1n) is 2.89. The molecule has 0 saturated heterocycles. The van der Waals surface area contributed by atoms with Crippen LogP contribution < -0.4 is 0 Å². The second-order valence-corrected chi connectivity index (χ2v) is 3.64. The van der Waals surface area contributed by atoms with Gasteiger partial charge in [-0.05, 0) is 41.4 Å². The van der Waals surface area contributed by atoms with Crippen LogP contribution in [0.15, 0.2) is 0 Å². The van der Waals surface area contributed by atoms with Crippen molar-refractivity contribution >= 4 is 26.4 Å². The molecule has 0 bridgehead atoms. The summed E-state index contributed by atoms with van der Waals surface area (Å²) >= 11 is 1.89. The molecule has 0 aromatic carbocycles. The molecule has 1 aliphatic carbocycles. The monoisotopic (exact) mass is 224 g/mol. The first kappa shape index (κ1) is 6.52. The maximum absolute atomic E-state index is 10.6. The van der Waals surface area contributed by atoms with E-state index >= 15 is 0 Å². The summed E-state index contributed by atoms with van der Waals surface area (Å²) in [6.07, 6.45) is 2.25. The molecule has 0 unspecified atom stereocenters. The Labute approximate surface area is 63.0 Å². The normalized spacial score (nSPS) is 36.2. The minimum atomic E-state index is 0.348. The predicted octanol–water partition coefficient (Wildman–Crippen LogP) is 1.99. The Morgan fingerprint density at radius 3 is 2.25 bits per heavy atom. The van der Waals surface area contributed by atoms with Gasteiger partial charge >= 0.3 is 0 Å². The van der Waals surface area contributed by atoms with E-state index in [1.807, 2.05) is 22.6 Å². The highest BCUT2D eigenvalue weighted by molar-refractivity contribution is 14.1. The van der Waals surface area contributed by atoms with Crippen LogP contribution in [0.1, 0.15) is 19.8 Å². The van der Waals surface area contributed by atoms with Gasteiger partial charge in [0.25, 0.3) is 0 Å². The summed E-state index contributed by atoms with van der Waals surface area (Å²) in [6.45, 7) is 2.19. The lowest BCUT2D eigenvalue weighted by molar-refractivity contribution is -0.116. The van der Waals surface area contributed by atoms with Gasteiger partial charge in [0, 0.05) is 5.92 Å². The van der Waals surface area contributed by atoms with Crippen molar-refractivity contribution in [3.8, 4) is 0 Å². The van der Waals surface area contributed by atoms with Gasteiger partial charge in [0.15, 0.2) is 3.79 Å². The Balaban J connectivity index is 2.25. The number of halogens is 1. The van der Waals surface area contributed by atoms with E-state index in [1.165, 1.54) is 0 Å². The quantitative estimate of drug-likeness (QED) is 0.491. The van der Waals surface area contributed by atoms with Crippen LogP contribution in [0.3, 0.4) is 0 Å². The fourth-order valence-corrected chi connectivity index (χ4v) is 1.60. The van der Waals surface area contributed by atoms with Gasteiger partial charge in [-0.2, -0.15) is 0 Å². The molecular weight excluding hydrogens is 215 g/mol. The van der Waals surface area contributed by atoms with Crippen LogP contribution in [0.25, 0.3) is 0 Å². The van der Waals surface area contributed by atoms with Gasteiger partial charge in [0.1, 0.15) is 0 Å². The van der Waals surface area contributed by atoms with Crippen molar-refractivity contribution < 1.29 is 4.79 Å². The molecule has 8 heavy (non-hydrogen) atoms. The Hall–Kier alpha value is 0.400. The van der Waals surface area contributed by atoms with Crippen LogP contribution in [0, 0.1) is 11.8 Å². The lowest BCUT2D eigenvalue weighted by Gasteiger charge is -2.29. The number of hydrogen-bond acceptors (Lipinski definition) is 1. The molecule has 0 aromatic rings. The summed E-state index contributed by atoms with van der Waals surface area (Å²) in [4.78, 5) is 10.6. The van der Waals surface area contributed by atoms with Crippen LogP contribution in [-0.2, 0) is 4.79 Å². The van der Waals surface area contributed by atoms with Crippen molar-refractivity contribution in [1.82, 2.24) is 0 Å². The predicted molar refractivity (Wildman–Crippen MR) is 40.9 cm³/mol. The molecule has 0 aromatic heterocycles. The third-order valence-corrected chi connectivity index (χ3v) is 2.58. The summed E-state index contributed by atoms with van der Waals surface area (Å²) in [5.41, 5.74) is 0. The maximum atomic E-state index is 10.6. The summed E-state index contributed by atoms with van der Waals surface area (Å²) in [5, 5.41) is 0. The van der Waals surface area contributed by atoms with E-state index in [1.54, 1.807) is 0 Å². The van der Waals surface area contributed by atoms with E-state index in [9.17, 15) is 4.79 Å². The van der Waals surface area contributed by atoms with Crippen molar-refractivity contribution in [2.24, 2.45) is 11.8 Å². The average Bonchev–Trinajstić information content (AvgIpc) is 1.57. The van der Waals surface area contributed by atoms with Crippen molar-refractivity contribution in [2.45, 2.75) is 19.8 Å². The van der Waals surface area contributed by atoms with Gasteiger partial charge in [0.2, 0.25) is 0 Å².